The van der Waals surface area contributed by atoms with Crippen LogP contribution in [0.15, 0.2) is 0 Å². The lowest BCUT2D eigenvalue weighted by Gasteiger charge is -2.23. The Hall–Kier alpha value is -0.0800. The Morgan fingerprint density at radius 2 is 1.77 bits per heavy atom. The molecule has 77 valence electrons. The smallest absolute Gasteiger partial charge is 0.0864 e. The summed E-state index contributed by atoms with van der Waals surface area (Å²) in [4.78, 5) is 0. The number of ether oxygens (including phenoxy) is 2. The molecule has 0 aromatic rings. The van der Waals surface area contributed by atoms with Crippen molar-refractivity contribution in [2.45, 2.75) is 44.8 Å². The third-order valence-corrected chi connectivity index (χ3v) is 2.97. The maximum Gasteiger partial charge on any atom is 0.0864 e. The average molecular weight is 185 g/mol. The molecule has 0 aromatic heterocycles. The highest BCUT2D eigenvalue weighted by atomic mass is 16.5. The van der Waals surface area contributed by atoms with E-state index in [1.807, 2.05) is 0 Å². The molecule has 0 amide bonds. The van der Waals surface area contributed by atoms with Gasteiger partial charge >= 0.3 is 0 Å². The zero-order chi connectivity index (χ0) is 9.68. The molecule has 0 saturated heterocycles. The van der Waals surface area contributed by atoms with Gasteiger partial charge in [-0.3, -0.25) is 0 Å². The minimum absolute atomic E-state index is 0.160. The number of hydrogen-bond donors (Lipinski definition) is 0. The van der Waals surface area contributed by atoms with Crippen LogP contribution in [0, 0.1) is 12.3 Å². The zero-order valence-corrected chi connectivity index (χ0v) is 8.95. The van der Waals surface area contributed by atoms with Crippen molar-refractivity contribution in [1.82, 2.24) is 0 Å². The average Bonchev–Trinajstić information content (AvgIpc) is 2.65. The highest BCUT2D eigenvalue weighted by molar-refractivity contribution is 4.90. The molecule has 2 heteroatoms. The van der Waals surface area contributed by atoms with Crippen LogP contribution in [-0.4, -0.2) is 26.4 Å². The number of methoxy groups -OCH3 is 2. The molecule has 1 fully saturated rings. The molecule has 0 heterocycles. The van der Waals surface area contributed by atoms with Gasteiger partial charge in [0.15, 0.2) is 0 Å². The molecule has 1 aliphatic rings. The minimum Gasteiger partial charge on any atom is -0.379 e. The second-order valence-electron chi connectivity index (χ2n) is 3.88. The molecule has 0 N–H and O–H groups in total. The molecule has 1 rings (SSSR count). The van der Waals surface area contributed by atoms with E-state index in [1.165, 1.54) is 25.7 Å². The van der Waals surface area contributed by atoms with Crippen molar-refractivity contribution in [3.8, 4) is 0 Å². The molecule has 0 aromatic carbocycles. The summed E-state index contributed by atoms with van der Waals surface area (Å²) >= 11 is 0. The van der Waals surface area contributed by atoms with E-state index >= 15 is 0 Å². The first-order valence-electron chi connectivity index (χ1n) is 5.18. The van der Waals surface area contributed by atoms with Crippen LogP contribution in [0.5, 0.6) is 0 Å². The molecule has 2 atom stereocenters. The topological polar surface area (TPSA) is 18.5 Å². The van der Waals surface area contributed by atoms with Crippen LogP contribution in [0.3, 0.4) is 0 Å². The van der Waals surface area contributed by atoms with Gasteiger partial charge < -0.3 is 9.47 Å². The monoisotopic (exact) mass is 185 g/mol. The van der Waals surface area contributed by atoms with E-state index in [9.17, 15) is 0 Å². The van der Waals surface area contributed by atoms with Crippen LogP contribution in [0.4, 0.5) is 0 Å². The first-order valence-corrected chi connectivity index (χ1v) is 5.18. The zero-order valence-electron chi connectivity index (χ0n) is 8.95. The maximum absolute atomic E-state index is 5.38. The van der Waals surface area contributed by atoms with E-state index in [0.717, 1.165) is 5.92 Å². The standard InChI is InChI=1S/C11H21O2/c1-9(12-2)11(13-3)8-10-6-4-5-7-10/h8-11H,4-7H2,1-3H3. The Bertz CT molecular complexity index is 130. The summed E-state index contributed by atoms with van der Waals surface area (Å²) < 4.78 is 10.6. The summed E-state index contributed by atoms with van der Waals surface area (Å²) in [6.45, 7) is 2.06. The van der Waals surface area contributed by atoms with Gasteiger partial charge in [0.1, 0.15) is 0 Å². The van der Waals surface area contributed by atoms with Crippen LogP contribution in [0.1, 0.15) is 32.6 Å². The van der Waals surface area contributed by atoms with Crippen LogP contribution in [0.25, 0.3) is 0 Å². The van der Waals surface area contributed by atoms with Crippen molar-refractivity contribution in [3.05, 3.63) is 6.42 Å². The SMILES string of the molecule is COC(C)C([CH]C1CCCC1)OC. The summed E-state index contributed by atoms with van der Waals surface area (Å²) in [6, 6.07) is 0. The largest absolute Gasteiger partial charge is 0.379 e. The van der Waals surface area contributed by atoms with Gasteiger partial charge in [0, 0.05) is 14.2 Å². The summed E-state index contributed by atoms with van der Waals surface area (Å²) in [7, 11) is 3.49. The Morgan fingerprint density at radius 1 is 1.15 bits per heavy atom. The van der Waals surface area contributed by atoms with Crippen molar-refractivity contribution in [1.29, 1.82) is 0 Å². The first kappa shape index (κ1) is 11.0. The van der Waals surface area contributed by atoms with Gasteiger partial charge in [-0.25, -0.2) is 0 Å². The summed E-state index contributed by atoms with van der Waals surface area (Å²) in [5, 5.41) is 0. The normalized spacial score (nSPS) is 23.3. The summed E-state index contributed by atoms with van der Waals surface area (Å²) in [5.74, 6) is 0.752. The molecule has 1 aliphatic carbocycles. The predicted octanol–water partition coefficient (Wildman–Crippen LogP) is 2.43. The van der Waals surface area contributed by atoms with Gasteiger partial charge in [0.2, 0.25) is 0 Å². The van der Waals surface area contributed by atoms with E-state index in [2.05, 4.69) is 13.3 Å². The van der Waals surface area contributed by atoms with Crippen LogP contribution in [0.2, 0.25) is 0 Å². The Kier molecular flexibility index (Phi) is 4.74. The van der Waals surface area contributed by atoms with E-state index in [0.29, 0.717) is 0 Å². The van der Waals surface area contributed by atoms with Crippen LogP contribution >= 0.6 is 0 Å². The third-order valence-electron chi connectivity index (χ3n) is 2.97. The number of rotatable bonds is 5. The maximum atomic E-state index is 5.38. The van der Waals surface area contributed by atoms with Crippen LogP contribution < -0.4 is 0 Å². The molecule has 13 heavy (non-hydrogen) atoms. The minimum atomic E-state index is 0.160. The third kappa shape index (κ3) is 3.28. The fraction of sp³-hybridized carbons (Fsp3) is 0.909. The van der Waals surface area contributed by atoms with Gasteiger partial charge in [-0.1, -0.05) is 25.7 Å². The van der Waals surface area contributed by atoms with E-state index < -0.39 is 0 Å². The summed E-state index contributed by atoms with van der Waals surface area (Å²) in [6.07, 6.45) is 8.06. The highest BCUT2D eigenvalue weighted by Gasteiger charge is 2.23. The molecule has 0 bridgehead atoms. The summed E-state index contributed by atoms with van der Waals surface area (Å²) in [5.41, 5.74) is 0. The number of hydrogen-bond acceptors (Lipinski definition) is 2. The Morgan fingerprint density at radius 3 is 2.23 bits per heavy atom. The van der Waals surface area contributed by atoms with Crippen molar-refractivity contribution in [2.24, 2.45) is 5.92 Å². The quantitative estimate of drug-likeness (QED) is 0.655. The molecule has 2 nitrogen and oxygen atoms in total. The van der Waals surface area contributed by atoms with Gasteiger partial charge in [0.25, 0.3) is 0 Å². The van der Waals surface area contributed by atoms with Crippen molar-refractivity contribution in [2.75, 3.05) is 14.2 Å². The lowest BCUT2D eigenvalue weighted by molar-refractivity contribution is -0.0134. The lowest BCUT2D eigenvalue weighted by atomic mass is 9.97. The van der Waals surface area contributed by atoms with Gasteiger partial charge in [-0.05, 0) is 19.3 Å². The Labute approximate surface area is 81.6 Å². The van der Waals surface area contributed by atoms with E-state index in [1.54, 1.807) is 14.2 Å². The van der Waals surface area contributed by atoms with Crippen molar-refractivity contribution >= 4 is 0 Å². The van der Waals surface area contributed by atoms with Gasteiger partial charge in [-0.15, -0.1) is 0 Å². The van der Waals surface area contributed by atoms with E-state index in [-0.39, 0.29) is 12.2 Å². The second kappa shape index (κ2) is 5.61. The molecule has 1 saturated carbocycles. The molecular weight excluding hydrogens is 164 g/mol. The predicted molar refractivity (Wildman–Crippen MR) is 53.5 cm³/mol. The van der Waals surface area contributed by atoms with E-state index in [4.69, 9.17) is 9.47 Å². The van der Waals surface area contributed by atoms with Crippen molar-refractivity contribution in [3.63, 3.8) is 0 Å². The molecule has 2 unspecified atom stereocenters. The first-order chi connectivity index (χ1) is 6.27. The van der Waals surface area contributed by atoms with Crippen LogP contribution in [-0.2, 0) is 9.47 Å². The molecule has 1 radical (unpaired) electrons. The molecular formula is C11H21O2. The Balaban J connectivity index is 2.29. The molecule has 0 aliphatic heterocycles. The van der Waals surface area contributed by atoms with Gasteiger partial charge in [0.05, 0.1) is 12.2 Å². The highest BCUT2D eigenvalue weighted by Crippen LogP contribution is 2.29. The fourth-order valence-corrected chi connectivity index (χ4v) is 1.98. The van der Waals surface area contributed by atoms with Crippen molar-refractivity contribution < 1.29 is 9.47 Å². The lowest BCUT2D eigenvalue weighted by Crippen LogP contribution is -2.29. The molecule has 0 spiro atoms. The second-order valence-corrected chi connectivity index (χ2v) is 3.88. The van der Waals surface area contributed by atoms with Gasteiger partial charge in [-0.2, -0.15) is 0 Å². The fourth-order valence-electron chi connectivity index (χ4n) is 1.98.